The van der Waals surface area contributed by atoms with Crippen LogP contribution in [0.5, 0.6) is 0 Å². The summed E-state index contributed by atoms with van der Waals surface area (Å²) in [6, 6.07) is 0. The summed E-state index contributed by atoms with van der Waals surface area (Å²) in [7, 11) is 1.59. The van der Waals surface area contributed by atoms with E-state index in [1.807, 2.05) is 0 Å². The molecule has 3 N–H and O–H groups in total. The van der Waals surface area contributed by atoms with Crippen molar-refractivity contribution < 1.29 is 19.4 Å². The van der Waals surface area contributed by atoms with Crippen LogP contribution in [0.25, 0.3) is 0 Å². The molecule has 1 aromatic heterocycles. The van der Waals surface area contributed by atoms with Crippen LogP contribution in [0.15, 0.2) is 5.38 Å². The first-order valence-electron chi connectivity index (χ1n) is 5.27. The highest BCUT2D eigenvalue weighted by Gasteiger charge is 2.09. The van der Waals surface area contributed by atoms with E-state index in [0.29, 0.717) is 18.2 Å². The van der Waals surface area contributed by atoms with E-state index in [1.165, 1.54) is 16.7 Å². The second kappa shape index (κ2) is 7.75. The Hall–Kier alpha value is -1.51. The molecule has 1 aromatic rings. The van der Waals surface area contributed by atoms with Crippen molar-refractivity contribution in [3.8, 4) is 0 Å². The molecule has 0 aliphatic rings. The summed E-state index contributed by atoms with van der Waals surface area (Å²) in [5.41, 5.74) is 0.00229. The highest BCUT2D eigenvalue weighted by atomic mass is 32.1. The molecule has 0 atom stereocenters. The predicted molar refractivity (Wildman–Crippen MR) is 65.7 cm³/mol. The fourth-order valence-electron chi connectivity index (χ4n) is 1.10. The fourth-order valence-corrected chi connectivity index (χ4v) is 1.81. The van der Waals surface area contributed by atoms with Crippen LogP contribution in [0.3, 0.4) is 0 Å². The first-order chi connectivity index (χ1) is 8.63. The third kappa shape index (κ3) is 5.21. The third-order valence-electron chi connectivity index (χ3n) is 1.98. The molecule has 0 saturated carbocycles. The molecule has 0 fully saturated rings. The summed E-state index contributed by atoms with van der Waals surface area (Å²) in [6.45, 7) is 1.58. The van der Waals surface area contributed by atoms with Gasteiger partial charge in [0.05, 0.1) is 19.7 Å². The van der Waals surface area contributed by atoms with Gasteiger partial charge in [-0.2, -0.15) is 0 Å². The standard InChI is InChI=1S/C10H15N3O4S/c1-17-3-2-11-4-8(14)12-5-9-13-7(6-18-9)10(15)16/h6,11H,2-5H2,1H3,(H,12,14)(H,15,16). The summed E-state index contributed by atoms with van der Waals surface area (Å²) in [5, 5.41) is 16.2. The summed E-state index contributed by atoms with van der Waals surface area (Å²) in [4.78, 5) is 25.8. The van der Waals surface area contributed by atoms with Crippen LogP contribution in [0, 0.1) is 0 Å². The van der Waals surface area contributed by atoms with Crippen LogP contribution in [-0.2, 0) is 16.1 Å². The van der Waals surface area contributed by atoms with Gasteiger partial charge in [-0.15, -0.1) is 11.3 Å². The van der Waals surface area contributed by atoms with Crippen molar-refractivity contribution in [1.82, 2.24) is 15.6 Å². The maximum atomic E-state index is 11.4. The third-order valence-corrected chi connectivity index (χ3v) is 2.82. The number of carbonyl (C=O) groups is 2. The van der Waals surface area contributed by atoms with E-state index in [0.717, 1.165) is 0 Å². The molecule has 8 heteroatoms. The van der Waals surface area contributed by atoms with Gasteiger partial charge in [-0.25, -0.2) is 9.78 Å². The number of hydrogen-bond acceptors (Lipinski definition) is 6. The Kier molecular flexibility index (Phi) is 6.26. The molecular formula is C10H15N3O4S. The Bertz CT molecular complexity index is 408. The Labute approximate surface area is 108 Å². The number of aromatic carboxylic acids is 1. The van der Waals surface area contributed by atoms with Gasteiger partial charge in [0.15, 0.2) is 5.69 Å². The average Bonchev–Trinajstić information content (AvgIpc) is 2.81. The Morgan fingerprint density at radius 1 is 1.56 bits per heavy atom. The van der Waals surface area contributed by atoms with Gasteiger partial charge in [0, 0.05) is 19.0 Å². The van der Waals surface area contributed by atoms with Crippen molar-refractivity contribution in [1.29, 1.82) is 0 Å². The SMILES string of the molecule is COCCNCC(=O)NCc1nc(C(=O)O)cs1. The molecule has 0 aliphatic carbocycles. The lowest BCUT2D eigenvalue weighted by atomic mass is 10.5. The van der Waals surface area contributed by atoms with Crippen LogP contribution < -0.4 is 10.6 Å². The lowest BCUT2D eigenvalue weighted by molar-refractivity contribution is -0.120. The number of rotatable bonds is 8. The van der Waals surface area contributed by atoms with E-state index in [4.69, 9.17) is 9.84 Å². The average molecular weight is 273 g/mol. The molecule has 0 radical (unpaired) electrons. The molecule has 0 saturated heterocycles. The zero-order valence-electron chi connectivity index (χ0n) is 9.93. The van der Waals surface area contributed by atoms with E-state index in [2.05, 4.69) is 15.6 Å². The monoisotopic (exact) mass is 273 g/mol. The topological polar surface area (TPSA) is 101 Å². The van der Waals surface area contributed by atoms with Gasteiger partial charge in [-0.1, -0.05) is 0 Å². The van der Waals surface area contributed by atoms with Crippen molar-refractivity contribution in [2.45, 2.75) is 6.54 Å². The van der Waals surface area contributed by atoms with E-state index in [-0.39, 0.29) is 24.7 Å². The quantitative estimate of drug-likeness (QED) is 0.562. The fraction of sp³-hybridized carbons (Fsp3) is 0.500. The molecule has 7 nitrogen and oxygen atoms in total. The zero-order valence-corrected chi connectivity index (χ0v) is 10.7. The van der Waals surface area contributed by atoms with Crippen LogP contribution in [0.2, 0.25) is 0 Å². The summed E-state index contributed by atoms with van der Waals surface area (Å²) in [6.07, 6.45) is 0. The van der Waals surface area contributed by atoms with Crippen LogP contribution in [-0.4, -0.2) is 48.8 Å². The van der Waals surface area contributed by atoms with Gasteiger partial charge in [0.25, 0.3) is 0 Å². The van der Waals surface area contributed by atoms with Crippen molar-refractivity contribution in [3.63, 3.8) is 0 Å². The number of carboxylic acid groups (broad SMARTS) is 1. The van der Waals surface area contributed by atoms with Crippen molar-refractivity contribution in [2.75, 3.05) is 26.8 Å². The second-order valence-corrected chi connectivity index (χ2v) is 4.32. The molecule has 0 aliphatic heterocycles. The number of amides is 1. The summed E-state index contributed by atoms with van der Waals surface area (Å²) in [5.74, 6) is -1.23. The highest BCUT2D eigenvalue weighted by Crippen LogP contribution is 2.08. The normalized spacial score (nSPS) is 10.3. The zero-order chi connectivity index (χ0) is 13.4. The number of ether oxygens (including phenoxy) is 1. The van der Waals surface area contributed by atoms with Gasteiger partial charge >= 0.3 is 5.97 Å². The van der Waals surface area contributed by atoms with E-state index in [9.17, 15) is 9.59 Å². The number of carboxylic acids is 1. The molecule has 0 spiro atoms. The van der Waals surface area contributed by atoms with Gasteiger partial charge in [-0.05, 0) is 0 Å². The van der Waals surface area contributed by atoms with Gasteiger partial charge in [0.1, 0.15) is 5.01 Å². The van der Waals surface area contributed by atoms with E-state index < -0.39 is 5.97 Å². The summed E-state index contributed by atoms with van der Waals surface area (Å²) < 4.78 is 4.82. The molecule has 1 heterocycles. The number of aromatic nitrogens is 1. The molecule has 0 unspecified atom stereocenters. The molecule has 0 aromatic carbocycles. The number of hydrogen-bond donors (Lipinski definition) is 3. The van der Waals surface area contributed by atoms with Crippen molar-refractivity contribution >= 4 is 23.2 Å². The lowest BCUT2D eigenvalue weighted by Gasteiger charge is -2.04. The Balaban J connectivity index is 2.23. The van der Waals surface area contributed by atoms with Crippen LogP contribution >= 0.6 is 11.3 Å². The van der Waals surface area contributed by atoms with E-state index in [1.54, 1.807) is 7.11 Å². The molecule has 100 valence electrons. The lowest BCUT2D eigenvalue weighted by Crippen LogP contribution is -2.34. The predicted octanol–water partition coefficient (Wildman–Crippen LogP) is -0.306. The highest BCUT2D eigenvalue weighted by molar-refractivity contribution is 7.09. The number of nitrogens with one attached hydrogen (secondary N) is 2. The minimum Gasteiger partial charge on any atom is -0.476 e. The first-order valence-corrected chi connectivity index (χ1v) is 6.15. The first kappa shape index (κ1) is 14.6. The van der Waals surface area contributed by atoms with Crippen LogP contribution in [0.4, 0.5) is 0 Å². The van der Waals surface area contributed by atoms with Crippen LogP contribution in [0.1, 0.15) is 15.5 Å². The maximum Gasteiger partial charge on any atom is 0.355 e. The second-order valence-electron chi connectivity index (χ2n) is 3.38. The van der Waals surface area contributed by atoms with Gasteiger partial charge in [0.2, 0.25) is 5.91 Å². The summed E-state index contributed by atoms with van der Waals surface area (Å²) >= 11 is 1.20. The number of thiazole rings is 1. The number of carbonyl (C=O) groups excluding carboxylic acids is 1. The maximum absolute atomic E-state index is 11.4. The van der Waals surface area contributed by atoms with Gasteiger partial charge in [-0.3, -0.25) is 4.79 Å². The Morgan fingerprint density at radius 2 is 2.33 bits per heavy atom. The minimum atomic E-state index is -1.06. The molecule has 18 heavy (non-hydrogen) atoms. The number of nitrogens with zero attached hydrogens (tertiary/aromatic N) is 1. The molecule has 0 bridgehead atoms. The van der Waals surface area contributed by atoms with Crippen molar-refractivity contribution in [2.24, 2.45) is 0 Å². The minimum absolute atomic E-state index is 0.00229. The van der Waals surface area contributed by atoms with E-state index >= 15 is 0 Å². The largest absolute Gasteiger partial charge is 0.476 e. The number of methoxy groups -OCH3 is 1. The van der Waals surface area contributed by atoms with Crippen molar-refractivity contribution in [3.05, 3.63) is 16.1 Å². The molecule has 1 amide bonds. The Morgan fingerprint density at radius 3 is 2.94 bits per heavy atom. The smallest absolute Gasteiger partial charge is 0.355 e. The van der Waals surface area contributed by atoms with Gasteiger partial charge < -0.3 is 20.5 Å². The molecule has 1 rings (SSSR count). The molecular weight excluding hydrogens is 258 g/mol.